The van der Waals surface area contributed by atoms with Crippen LogP contribution >= 0.6 is 0 Å². The van der Waals surface area contributed by atoms with Crippen molar-refractivity contribution >= 4 is 5.97 Å². The first-order valence-corrected chi connectivity index (χ1v) is 8.68. The molecule has 0 aromatic carbocycles. The number of aliphatic carboxylic acids is 1. The van der Waals surface area contributed by atoms with Crippen LogP contribution in [-0.2, 0) is 4.79 Å². The van der Waals surface area contributed by atoms with Crippen LogP contribution in [0.2, 0.25) is 0 Å². The molecule has 2 atom stereocenters. The van der Waals surface area contributed by atoms with Gasteiger partial charge in [0.25, 0.3) is 0 Å². The van der Waals surface area contributed by atoms with Gasteiger partial charge < -0.3 is 5.11 Å². The quantitative estimate of drug-likeness (QED) is 0.497. The van der Waals surface area contributed by atoms with E-state index in [1.165, 1.54) is 57.4 Å². The van der Waals surface area contributed by atoms with Crippen LogP contribution in [0.25, 0.3) is 0 Å². The van der Waals surface area contributed by atoms with Gasteiger partial charge in [0.1, 0.15) is 0 Å². The van der Waals surface area contributed by atoms with Gasteiger partial charge in [-0.2, -0.15) is 0 Å². The highest BCUT2D eigenvalue weighted by Crippen LogP contribution is 2.54. The largest absolute Gasteiger partial charge is 0.478 e. The maximum atomic E-state index is 10.6. The van der Waals surface area contributed by atoms with Crippen molar-refractivity contribution in [2.45, 2.75) is 78.1 Å². The van der Waals surface area contributed by atoms with E-state index in [-0.39, 0.29) is 0 Å². The lowest BCUT2D eigenvalue weighted by Gasteiger charge is -2.38. The molecule has 2 aliphatic rings. The molecular weight excluding hydrogens is 260 g/mol. The van der Waals surface area contributed by atoms with Crippen molar-refractivity contribution in [2.75, 3.05) is 0 Å². The first-order valence-electron chi connectivity index (χ1n) is 8.68. The zero-order valence-corrected chi connectivity index (χ0v) is 13.7. The van der Waals surface area contributed by atoms with Crippen molar-refractivity contribution < 1.29 is 9.90 Å². The van der Waals surface area contributed by atoms with Crippen molar-refractivity contribution in [1.82, 2.24) is 0 Å². The third-order valence-corrected chi connectivity index (χ3v) is 5.55. The lowest BCUT2D eigenvalue weighted by molar-refractivity contribution is -0.131. The molecule has 0 saturated heterocycles. The van der Waals surface area contributed by atoms with Gasteiger partial charge in [0.05, 0.1) is 0 Å². The topological polar surface area (TPSA) is 37.3 Å². The van der Waals surface area contributed by atoms with Crippen LogP contribution in [0.3, 0.4) is 0 Å². The van der Waals surface area contributed by atoms with E-state index in [1.54, 1.807) is 11.1 Å². The zero-order chi connectivity index (χ0) is 15.3. The second-order valence-corrected chi connectivity index (χ2v) is 7.08. The summed E-state index contributed by atoms with van der Waals surface area (Å²) in [6, 6.07) is 0. The average molecular weight is 290 g/mol. The highest BCUT2D eigenvalue weighted by Gasteiger charge is 2.40. The maximum Gasteiger partial charge on any atom is 0.327 e. The van der Waals surface area contributed by atoms with E-state index in [0.717, 1.165) is 12.8 Å². The van der Waals surface area contributed by atoms with Crippen LogP contribution < -0.4 is 0 Å². The number of carboxylic acids is 1. The Labute approximate surface area is 129 Å². The molecule has 0 amide bonds. The highest BCUT2D eigenvalue weighted by molar-refractivity contribution is 5.79. The maximum absolute atomic E-state index is 10.6. The summed E-state index contributed by atoms with van der Waals surface area (Å²) in [5.41, 5.74) is 4.04. The minimum absolute atomic E-state index is 0.497. The Bertz CT molecular complexity index is 433. The number of carboxylic acid groups (broad SMARTS) is 1. The minimum atomic E-state index is -0.827. The molecule has 0 aromatic heterocycles. The van der Waals surface area contributed by atoms with Crippen molar-refractivity contribution in [2.24, 2.45) is 11.3 Å². The van der Waals surface area contributed by atoms with Gasteiger partial charge in [-0.05, 0) is 69.1 Å². The number of allylic oxidation sites excluding steroid dienone is 3. The summed E-state index contributed by atoms with van der Waals surface area (Å²) in [6.07, 6.45) is 15.7. The number of carbonyl (C=O) groups is 1. The van der Waals surface area contributed by atoms with Crippen molar-refractivity contribution in [3.8, 4) is 0 Å². The lowest BCUT2D eigenvalue weighted by atomic mass is 9.67. The van der Waals surface area contributed by atoms with Crippen LogP contribution in [0.5, 0.6) is 0 Å². The fourth-order valence-corrected chi connectivity index (χ4v) is 4.37. The Morgan fingerprint density at radius 3 is 2.95 bits per heavy atom. The molecule has 2 nitrogen and oxygen atoms in total. The number of fused-ring (bicyclic) bond motifs is 1. The normalized spacial score (nSPS) is 29.1. The molecule has 1 saturated carbocycles. The van der Waals surface area contributed by atoms with E-state index in [2.05, 4.69) is 13.8 Å². The third-order valence-electron chi connectivity index (χ3n) is 5.55. The molecule has 0 radical (unpaired) electrons. The predicted octanol–water partition coefficient (Wildman–Crippen LogP) is 5.49. The van der Waals surface area contributed by atoms with Crippen LogP contribution in [0, 0.1) is 11.3 Å². The van der Waals surface area contributed by atoms with E-state index in [9.17, 15) is 4.79 Å². The Kier molecular flexibility index (Phi) is 5.66. The summed E-state index contributed by atoms with van der Waals surface area (Å²) in [7, 11) is 0. The molecule has 118 valence electrons. The van der Waals surface area contributed by atoms with Gasteiger partial charge in [-0.15, -0.1) is 0 Å². The molecule has 2 rings (SSSR count). The van der Waals surface area contributed by atoms with Crippen LogP contribution in [0.15, 0.2) is 23.3 Å². The monoisotopic (exact) mass is 290 g/mol. The molecular formula is C19H30O2. The second-order valence-electron chi connectivity index (χ2n) is 7.08. The van der Waals surface area contributed by atoms with E-state index in [4.69, 9.17) is 5.11 Å². The zero-order valence-electron chi connectivity index (χ0n) is 13.7. The Balaban J connectivity index is 2.07. The van der Waals surface area contributed by atoms with E-state index in [1.807, 2.05) is 6.08 Å². The predicted molar refractivity (Wildman–Crippen MR) is 87.2 cm³/mol. The third kappa shape index (κ3) is 3.99. The lowest BCUT2D eigenvalue weighted by Crippen LogP contribution is -2.25. The Morgan fingerprint density at radius 2 is 2.24 bits per heavy atom. The Hall–Kier alpha value is -1.05. The van der Waals surface area contributed by atoms with E-state index < -0.39 is 5.97 Å². The van der Waals surface area contributed by atoms with Gasteiger partial charge in [0.15, 0.2) is 0 Å². The van der Waals surface area contributed by atoms with Crippen LogP contribution in [-0.4, -0.2) is 11.1 Å². The fourth-order valence-electron chi connectivity index (χ4n) is 4.37. The molecule has 0 unspecified atom stereocenters. The number of hydrogen-bond acceptors (Lipinski definition) is 1. The van der Waals surface area contributed by atoms with E-state index >= 15 is 0 Å². The molecule has 1 fully saturated rings. The summed E-state index contributed by atoms with van der Waals surface area (Å²) < 4.78 is 0. The molecule has 2 aliphatic carbocycles. The summed E-state index contributed by atoms with van der Waals surface area (Å²) in [5, 5.41) is 8.68. The molecule has 0 aromatic rings. The van der Waals surface area contributed by atoms with Gasteiger partial charge in [-0.1, -0.05) is 37.5 Å². The standard InChI is InChI=1S/C19H30O2/c1-3-4-9-16-15(8-5-6-11-18(20)21)12-14-19(2)13-7-10-17(16)19/h6,11,15H,3-5,7-10,12-14H2,1-2H3,(H,20,21)/b11-6+/t15-,19-/m0/s1. The molecule has 0 heterocycles. The van der Waals surface area contributed by atoms with Crippen molar-refractivity contribution in [3.63, 3.8) is 0 Å². The molecule has 0 aliphatic heterocycles. The second kappa shape index (κ2) is 7.29. The molecule has 0 spiro atoms. The SMILES string of the molecule is CCCCC1=C2CCC[C@@]2(C)CC[C@@H]1CC/C=C/C(=O)O. The Morgan fingerprint density at radius 1 is 1.43 bits per heavy atom. The highest BCUT2D eigenvalue weighted by atomic mass is 16.4. The molecule has 21 heavy (non-hydrogen) atoms. The average Bonchev–Trinajstić information content (AvgIpc) is 2.83. The number of hydrogen-bond donors (Lipinski definition) is 1. The first-order chi connectivity index (χ1) is 10.1. The molecule has 2 heteroatoms. The summed E-state index contributed by atoms with van der Waals surface area (Å²) in [4.78, 5) is 10.6. The van der Waals surface area contributed by atoms with Gasteiger partial charge in [-0.25, -0.2) is 4.79 Å². The number of unbranched alkanes of at least 4 members (excludes halogenated alkanes) is 1. The van der Waals surface area contributed by atoms with Gasteiger partial charge in [0.2, 0.25) is 0 Å². The van der Waals surface area contributed by atoms with Crippen LogP contribution in [0.1, 0.15) is 78.1 Å². The summed E-state index contributed by atoms with van der Waals surface area (Å²) >= 11 is 0. The minimum Gasteiger partial charge on any atom is -0.478 e. The smallest absolute Gasteiger partial charge is 0.327 e. The van der Waals surface area contributed by atoms with Crippen molar-refractivity contribution in [3.05, 3.63) is 23.3 Å². The van der Waals surface area contributed by atoms with Gasteiger partial charge >= 0.3 is 5.97 Å². The molecule has 1 N–H and O–H groups in total. The summed E-state index contributed by atoms with van der Waals surface area (Å²) in [5.74, 6) is -0.122. The van der Waals surface area contributed by atoms with Gasteiger partial charge in [-0.3, -0.25) is 0 Å². The van der Waals surface area contributed by atoms with Crippen LogP contribution in [0.4, 0.5) is 0 Å². The number of rotatable bonds is 7. The molecule has 0 bridgehead atoms. The van der Waals surface area contributed by atoms with Gasteiger partial charge in [0, 0.05) is 6.08 Å². The first kappa shape index (κ1) is 16.3. The van der Waals surface area contributed by atoms with Crippen molar-refractivity contribution in [1.29, 1.82) is 0 Å². The fraction of sp³-hybridized carbons (Fsp3) is 0.737. The van der Waals surface area contributed by atoms with E-state index in [0.29, 0.717) is 11.3 Å². The summed E-state index contributed by atoms with van der Waals surface area (Å²) in [6.45, 7) is 4.74.